The van der Waals surface area contributed by atoms with Gasteiger partial charge in [0.15, 0.2) is 0 Å². The summed E-state index contributed by atoms with van der Waals surface area (Å²) in [6.45, 7) is 2.23. The molecule has 1 aliphatic rings. The van der Waals surface area contributed by atoms with Crippen LogP contribution in [0.2, 0.25) is 5.02 Å². The lowest BCUT2D eigenvalue weighted by Gasteiger charge is -2.23. The monoisotopic (exact) mass is 298 g/mol. The first-order valence-corrected chi connectivity index (χ1v) is 6.91. The molecule has 1 aliphatic heterocycles. The van der Waals surface area contributed by atoms with Crippen LogP contribution in [0.3, 0.4) is 0 Å². The number of halogens is 2. The Labute approximate surface area is 121 Å². The zero-order valence-electron chi connectivity index (χ0n) is 11.2. The van der Waals surface area contributed by atoms with E-state index >= 15 is 0 Å². The van der Waals surface area contributed by atoms with Crippen LogP contribution >= 0.6 is 11.6 Å². The molecule has 1 atom stereocenters. The SMILES string of the molecule is CCC1NC(=O)CCN(Cc2cc(Cl)ccc2F)C1=O. The standard InChI is InChI=1S/C14H16ClFN2O2/c1-2-12-14(20)18(6-5-13(19)17-12)8-9-7-10(15)3-4-11(9)16/h3-4,7,12H,2,5-6,8H2,1H3,(H,17,19). The van der Waals surface area contributed by atoms with Crippen LogP contribution in [-0.2, 0) is 16.1 Å². The molecule has 2 rings (SSSR count). The first-order chi connectivity index (χ1) is 9.51. The summed E-state index contributed by atoms with van der Waals surface area (Å²) in [5, 5.41) is 3.09. The van der Waals surface area contributed by atoms with E-state index in [0.29, 0.717) is 17.0 Å². The molecule has 1 N–H and O–H groups in total. The van der Waals surface area contributed by atoms with E-state index in [1.165, 1.54) is 23.1 Å². The quantitative estimate of drug-likeness (QED) is 0.929. The molecule has 0 radical (unpaired) electrons. The number of hydrogen-bond donors (Lipinski definition) is 1. The zero-order chi connectivity index (χ0) is 14.7. The van der Waals surface area contributed by atoms with Crippen LogP contribution in [0.5, 0.6) is 0 Å². The van der Waals surface area contributed by atoms with Crippen molar-refractivity contribution in [3.05, 3.63) is 34.6 Å². The van der Waals surface area contributed by atoms with E-state index in [4.69, 9.17) is 11.6 Å². The largest absolute Gasteiger partial charge is 0.344 e. The number of rotatable bonds is 3. The van der Waals surface area contributed by atoms with E-state index in [1.807, 2.05) is 6.92 Å². The highest BCUT2D eigenvalue weighted by Gasteiger charge is 2.28. The van der Waals surface area contributed by atoms with Crippen molar-refractivity contribution in [2.45, 2.75) is 32.4 Å². The lowest BCUT2D eigenvalue weighted by Crippen LogP contribution is -2.44. The highest BCUT2D eigenvalue weighted by molar-refractivity contribution is 6.30. The van der Waals surface area contributed by atoms with Crippen molar-refractivity contribution in [3.63, 3.8) is 0 Å². The minimum atomic E-state index is -0.535. The third kappa shape index (κ3) is 3.28. The lowest BCUT2D eigenvalue weighted by atomic mass is 10.1. The van der Waals surface area contributed by atoms with Crippen molar-refractivity contribution in [3.8, 4) is 0 Å². The first kappa shape index (κ1) is 14.8. The van der Waals surface area contributed by atoms with Gasteiger partial charge in [-0.15, -0.1) is 0 Å². The van der Waals surface area contributed by atoms with Crippen molar-refractivity contribution in [1.82, 2.24) is 10.2 Å². The van der Waals surface area contributed by atoms with Crippen molar-refractivity contribution < 1.29 is 14.0 Å². The fraction of sp³-hybridized carbons (Fsp3) is 0.429. The van der Waals surface area contributed by atoms with E-state index in [0.717, 1.165) is 0 Å². The summed E-state index contributed by atoms with van der Waals surface area (Å²) in [5.41, 5.74) is 0.357. The molecular formula is C14H16ClFN2O2. The predicted molar refractivity (Wildman–Crippen MR) is 73.7 cm³/mol. The number of nitrogens with zero attached hydrogens (tertiary/aromatic N) is 1. The van der Waals surface area contributed by atoms with Gasteiger partial charge in [-0.2, -0.15) is 0 Å². The molecule has 1 unspecified atom stereocenters. The first-order valence-electron chi connectivity index (χ1n) is 6.53. The smallest absolute Gasteiger partial charge is 0.245 e. The van der Waals surface area contributed by atoms with Gasteiger partial charge < -0.3 is 10.2 Å². The minimum Gasteiger partial charge on any atom is -0.344 e. The lowest BCUT2D eigenvalue weighted by molar-refractivity contribution is -0.134. The number of amides is 2. The predicted octanol–water partition coefficient (Wildman–Crippen LogP) is 2.11. The zero-order valence-corrected chi connectivity index (χ0v) is 11.9. The normalized spacial score (nSPS) is 19.8. The second kappa shape index (κ2) is 6.22. The second-order valence-corrected chi connectivity index (χ2v) is 5.21. The summed E-state index contributed by atoms with van der Waals surface area (Å²) in [7, 11) is 0. The molecule has 0 saturated carbocycles. The number of nitrogens with one attached hydrogen (secondary N) is 1. The highest BCUT2D eigenvalue weighted by Crippen LogP contribution is 2.18. The Morgan fingerprint density at radius 1 is 1.45 bits per heavy atom. The molecule has 1 aromatic carbocycles. The van der Waals surface area contributed by atoms with Gasteiger partial charge in [-0.3, -0.25) is 9.59 Å². The van der Waals surface area contributed by atoms with Gasteiger partial charge >= 0.3 is 0 Å². The maximum absolute atomic E-state index is 13.7. The molecule has 1 fully saturated rings. The Morgan fingerprint density at radius 2 is 2.20 bits per heavy atom. The van der Waals surface area contributed by atoms with Gasteiger partial charge in [0.05, 0.1) is 0 Å². The molecule has 0 aromatic heterocycles. The molecule has 6 heteroatoms. The average molecular weight is 299 g/mol. The van der Waals surface area contributed by atoms with Crippen LogP contribution in [0.15, 0.2) is 18.2 Å². The highest BCUT2D eigenvalue weighted by atomic mass is 35.5. The van der Waals surface area contributed by atoms with E-state index in [2.05, 4.69) is 5.32 Å². The van der Waals surface area contributed by atoms with E-state index in [9.17, 15) is 14.0 Å². The minimum absolute atomic E-state index is 0.122. The maximum atomic E-state index is 13.7. The average Bonchev–Trinajstić information content (AvgIpc) is 2.55. The van der Waals surface area contributed by atoms with E-state index < -0.39 is 11.9 Å². The van der Waals surface area contributed by atoms with Crippen LogP contribution in [0.1, 0.15) is 25.3 Å². The summed E-state index contributed by atoms with van der Waals surface area (Å²) in [4.78, 5) is 25.3. The molecule has 1 aromatic rings. The number of benzene rings is 1. The van der Waals surface area contributed by atoms with Gasteiger partial charge in [0.1, 0.15) is 11.9 Å². The molecule has 0 bridgehead atoms. The Bertz CT molecular complexity index is 536. The van der Waals surface area contributed by atoms with Gasteiger partial charge in [0, 0.05) is 30.1 Å². The topological polar surface area (TPSA) is 49.4 Å². The summed E-state index contributed by atoms with van der Waals surface area (Å²) in [6, 6.07) is 3.71. The molecule has 20 heavy (non-hydrogen) atoms. The molecule has 108 valence electrons. The number of hydrogen-bond acceptors (Lipinski definition) is 2. The Balaban J connectivity index is 2.20. The number of carbonyl (C=O) groups is 2. The summed E-state index contributed by atoms with van der Waals surface area (Å²) >= 11 is 5.85. The van der Waals surface area contributed by atoms with Gasteiger partial charge in [-0.1, -0.05) is 18.5 Å². The molecule has 0 spiro atoms. The van der Waals surface area contributed by atoms with Crippen molar-refractivity contribution >= 4 is 23.4 Å². The number of carbonyl (C=O) groups excluding carboxylic acids is 2. The van der Waals surface area contributed by atoms with Gasteiger partial charge in [0.2, 0.25) is 11.8 Å². The van der Waals surface area contributed by atoms with Crippen LogP contribution in [0.25, 0.3) is 0 Å². The third-order valence-corrected chi connectivity index (χ3v) is 3.57. The summed E-state index contributed by atoms with van der Waals surface area (Å²) < 4.78 is 13.7. The van der Waals surface area contributed by atoms with E-state index in [-0.39, 0.29) is 31.3 Å². The van der Waals surface area contributed by atoms with E-state index in [1.54, 1.807) is 0 Å². The van der Waals surface area contributed by atoms with Crippen LogP contribution in [-0.4, -0.2) is 29.3 Å². The fourth-order valence-corrected chi connectivity index (χ4v) is 2.39. The summed E-state index contributed by atoms with van der Waals surface area (Å²) in [5.74, 6) is -0.740. The Hall–Kier alpha value is -1.62. The van der Waals surface area contributed by atoms with Gasteiger partial charge in [-0.05, 0) is 24.6 Å². The second-order valence-electron chi connectivity index (χ2n) is 4.77. The molecule has 0 aliphatic carbocycles. The van der Waals surface area contributed by atoms with Crippen LogP contribution < -0.4 is 5.32 Å². The van der Waals surface area contributed by atoms with Crippen molar-refractivity contribution in [2.75, 3.05) is 6.54 Å². The summed E-state index contributed by atoms with van der Waals surface area (Å²) in [6.07, 6.45) is 0.740. The van der Waals surface area contributed by atoms with Gasteiger partial charge in [-0.25, -0.2) is 4.39 Å². The third-order valence-electron chi connectivity index (χ3n) is 3.33. The Kier molecular flexibility index (Phi) is 4.60. The van der Waals surface area contributed by atoms with Gasteiger partial charge in [0.25, 0.3) is 0 Å². The molecule has 1 heterocycles. The van der Waals surface area contributed by atoms with Crippen molar-refractivity contribution in [1.29, 1.82) is 0 Å². The molecule has 4 nitrogen and oxygen atoms in total. The van der Waals surface area contributed by atoms with Crippen LogP contribution in [0.4, 0.5) is 4.39 Å². The van der Waals surface area contributed by atoms with Crippen LogP contribution in [0, 0.1) is 5.82 Å². The van der Waals surface area contributed by atoms with Crippen molar-refractivity contribution in [2.24, 2.45) is 0 Å². The fourth-order valence-electron chi connectivity index (χ4n) is 2.20. The Morgan fingerprint density at radius 3 is 2.90 bits per heavy atom. The maximum Gasteiger partial charge on any atom is 0.245 e. The molecule has 1 saturated heterocycles. The molecule has 2 amide bonds. The molecular weight excluding hydrogens is 283 g/mol.